The van der Waals surface area contributed by atoms with Gasteiger partial charge in [0.2, 0.25) is 0 Å². The Morgan fingerprint density at radius 2 is 1.61 bits per heavy atom. The van der Waals surface area contributed by atoms with Crippen LogP contribution in [0.15, 0.2) is 42.5 Å². The zero-order valence-corrected chi connectivity index (χ0v) is 15.6. The summed E-state index contributed by atoms with van der Waals surface area (Å²) in [6.45, 7) is 1.76. The molecule has 1 aliphatic heterocycles. The van der Waals surface area contributed by atoms with Crippen molar-refractivity contribution < 1.29 is 27.4 Å². The molecular weight excluding hydrogens is 373 g/mol. The van der Waals surface area contributed by atoms with Gasteiger partial charge in [-0.3, -0.25) is 4.79 Å². The molecule has 0 aliphatic carbocycles. The van der Waals surface area contributed by atoms with Crippen LogP contribution in [0.5, 0.6) is 11.5 Å². The maximum atomic E-state index is 12.9. The minimum Gasteiger partial charge on any atom is -0.493 e. The minimum atomic E-state index is -4.37. The number of nitrogens with zero attached hydrogens (tertiary/aromatic N) is 2. The highest BCUT2D eigenvalue weighted by molar-refractivity contribution is 5.95. The van der Waals surface area contributed by atoms with Crippen molar-refractivity contribution in [2.24, 2.45) is 0 Å². The van der Waals surface area contributed by atoms with Gasteiger partial charge in [-0.15, -0.1) is 0 Å². The number of rotatable bonds is 4. The number of methoxy groups -OCH3 is 2. The van der Waals surface area contributed by atoms with Gasteiger partial charge in [0.05, 0.1) is 19.8 Å². The Morgan fingerprint density at radius 3 is 2.21 bits per heavy atom. The van der Waals surface area contributed by atoms with Gasteiger partial charge in [-0.05, 0) is 36.4 Å². The van der Waals surface area contributed by atoms with Gasteiger partial charge in [-0.2, -0.15) is 13.2 Å². The number of carbonyl (C=O) groups excluding carboxylic acids is 1. The maximum Gasteiger partial charge on any atom is 0.416 e. The number of hydrogen-bond donors (Lipinski definition) is 0. The first-order valence-electron chi connectivity index (χ1n) is 8.77. The molecule has 8 heteroatoms. The Labute approximate surface area is 161 Å². The topological polar surface area (TPSA) is 42.0 Å². The van der Waals surface area contributed by atoms with E-state index in [2.05, 4.69) is 0 Å². The molecule has 3 rings (SSSR count). The summed E-state index contributed by atoms with van der Waals surface area (Å²) in [7, 11) is 3.02. The van der Waals surface area contributed by atoms with E-state index >= 15 is 0 Å². The third kappa shape index (κ3) is 4.16. The molecule has 1 amide bonds. The molecule has 1 heterocycles. The second-order valence-corrected chi connectivity index (χ2v) is 6.40. The molecule has 0 radical (unpaired) electrons. The average molecular weight is 394 g/mol. The van der Waals surface area contributed by atoms with Crippen molar-refractivity contribution in [2.75, 3.05) is 45.3 Å². The Kier molecular flexibility index (Phi) is 5.67. The number of amides is 1. The van der Waals surface area contributed by atoms with Crippen molar-refractivity contribution in [1.29, 1.82) is 0 Å². The van der Waals surface area contributed by atoms with Crippen molar-refractivity contribution in [3.63, 3.8) is 0 Å². The SMILES string of the molecule is COc1ccc(C(=O)N2CCN(c3cccc(C(F)(F)F)c3)CC2)cc1OC. The van der Waals surface area contributed by atoms with Gasteiger partial charge in [-0.1, -0.05) is 6.07 Å². The molecule has 2 aromatic carbocycles. The van der Waals surface area contributed by atoms with E-state index in [-0.39, 0.29) is 5.91 Å². The van der Waals surface area contributed by atoms with E-state index < -0.39 is 11.7 Å². The van der Waals surface area contributed by atoms with Crippen molar-refractivity contribution in [2.45, 2.75) is 6.18 Å². The Bertz CT molecular complexity index is 847. The minimum absolute atomic E-state index is 0.148. The summed E-state index contributed by atoms with van der Waals surface area (Å²) in [5, 5.41) is 0. The third-order valence-corrected chi connectivity index (χ3v) is 4.74. The van der Waals surface area contributed by atoms with Gasteiger partial charge < -0.3 is 19.3 Å². The molecule has 28 heavy (non-hydrogen) atoms. The second-order valence-electron chi connectivity index (χ2n) is 6.40. The maximum absolute atomic E-state index is 12.9. The molecule has 0 saturated carbocycles. The van der Waals surface area contributed by atoms with Crippen LogP contribution < -0.4 is 14.4 Å². The first-order valence-corrected chi connectivity index (χ1v) is 8.77. The summed E-state index contributed by atoms with van der Waals surface area (Å²) in [6.07, 6.45) is -4.37. The average Bonchev–Trinajstić information content (AvgIpc) is 2.72. The van der Waals surface area contributed by atoms with Crippen molar-refractivity contribution >= 4 is 11.6 Å². The Morgan fingerprint density at radius 1 is 0.929 bits per heavy atom. The first-order chi connectivity index (χ1) is 13.3. The smallest absolute Gasteiger partial charge is 0.416 e. The fourth-order valence-electron chi connectivity index (χ4n) is 3.20. The van der Waals surface area contributed by atoms with Gasteiger partial charge in [0.1, 0.15) is 0 Å². The fourth-order valence-corrected chi connectivity index (χ4v) is 3.20. The monoisotopic (exact) mass is 394 g/mol. The lowest BCUT2D eigenvalue weighted by Crippen LogP contribution is -2.48. The summed E-state index contributed by atoms with van der Waals surface area (Å²) in [5.74, 6) is 0.856. The molecule has 0 unspecified atom stereocenters. The van der Waals surface area contributed by atoms with Crippen LogP contribution >= 0.6 is 0 Å². The lowest BCUT2D eigenvalue weighted by Gasteiger charge is -2.36. The normalized spacial score (nSPS) is 14.8. The molecule has 0 N–H and O–H groups in total. The standard InChI is InChI=1S/C20H21F3N2O3/c1-27-17-7-6-14(12-18(17)28-2)19(26)25-10-8-24(9-11-25)16-5-3-4-15(13-16)20(21,22)23/h3-7,12-13H,8-11H2,1-2H3. The quantitative estimate of drug-likeness (QED) is 0.793. The van der Waals surface area contributed by atoms with Crippen LogP contribution in [0.1, 0.15) is 15.9 Å². The van der Waals surface area contributed by atoms with Crippen LogP contribution in [0, 0.1) is 0 Å². The van der Waals surface area contributed by atoms with E-state index in [0.29, 0.717) is 48.9 Å². The molecule has 0 spiro atoms. The van der Waals surface area contributed by atoms with E-state index in [1.807, 2.05) is 4.90 Å². The van der Waals surface area contributed by atoms with Crippen LogP contribution in [0.2, 0.25) is 0 Å². The van der Waals surface area contributed by atoms with Gasteiger partial charge >= 0.3 is 6.18 Å². The number of anilines is 1. The molecular formula is C20H21F3N2O3. The van der Waals surface area contributed by atoms with Crippen LogP contribution in [-0.2, 0) is 6.18 Å². The number of piperazine rings is 1. The summed E-state index contributed by atoms with van der Waals surface area (Å²) in [4.78, 5) is 16.3. The molecule has 1 fully saturated rings. The molecule has 0 aromatic heterocycles. The molecule has 1 aliphatic rings. The first kappa shape index (κ1) is 19.9. The summed E-state index contributed by atoms with van der Waals surface area (Å²) < 4.78 is 49.2. The predicted molar refractivity (Wildman–Crippen MR) is 99.1 cm³/mol. The fraction of sp³-hybridized carbons (Fsp3) is 0.350. The van der Waals surface area contributed by atoms with Crippen molar-refractivity contribution in [3.8, 4) is 11.5 Å². The highest BCUT2D eigenvalue weighted by atomic mass is 19.4. The number of benzene rings is 2. The number of hydrogen-bond acceptors (Lipinski definition) is 4. The summed E-state index contributed by atoms with van der Waals surface area (Å²) in [5.41, 5.74) is 0.312. The van der Waals surface area contributed by atoms with Crippen LogP contribution in [-0.4, -0.2) is 51.2 Å². The lowest BCUT2D eigenvalue weighted by atomic mass is 10.1. The Hall–Kier alpha value is -2.90. The van der Waals surface area contributed by atoms with Gasteiger partial charge in [0.25, 0.3) is 5.91 Å². The van der Waals surface area contributed by atoms with E-state index in [9.17, 15) is 18.0 Å². The van der Waals surface area contributed by atoms with Crippen LogP contribution in [0.4, 0.5) is 18.9 Å². The van der Waals surface area contributed by atoms with Crippen LogP contribution in [0.3, 0.4) is 0 Å². The largest absolute Gasteiger partial charge is 0.493 e. The number of carbonyl (C=O) groups is 1. The van der Waals surface area contributed by atoms with E-state index in [0.717, 1.165) is 12.1 Å². The van der Waals surface area contributed by atoms with Crippen molar-refractivity contribution in [3.05, 3.63) is 53.6 Å². The zero-order chi connectivity index (χ0) is 20.3. The Balaban J connectivity index is 1.68. The number of halogens is 3. The van der Waals surface area contributed by atoms with E-state index in [4.69, 9.17) is 9.47 Å². The molecule has 2 aromatic rings. The van der Waals surface area contributed by atoms with E-state index in [1.165, 1.54) is 20.3 Å². The number of alkyl halides is 3. The molecule has 150 valence electrons. The van der Waals surface area contributed by atoms with Gasteiger partial charge in [-0.25, -0.2) is 0 Å². The molecule has 0 bridgehead atoms. The van der Waals surface area contributed by atoms with Gasteiger partial charge in [0, 0.05) is 37.4 Å². The summed E-state index contributed by atoms with van der Waals surface area (Å²) >= 11 is 0. The summed E-state index contributed by atoms with van der Waals surface area (Å²) in [6, 6.07) is 10.2. The molecule has 5 nitrogen and oxygen atoms in total. The lowest BCUT2D eigenvalue weighted by molar-refractivity contribution is -0.137. The highest BCUT2D eigenvalue weighted by Crippen LogP contribution is 2.32. The van der Waals surface area contributed by atoms with Crippen LogP contribution in [0.25, 0.3) is 0 Å². The molecule has 0 atom stereocenters. The third-order valence-electron chi connectivity index (χ3n) is 4.74. The number of ether oxygens (including phenoxy) is 2. The van der Waals surface area contributed by atoms with E-state index in [1.54, 1.807) is 29.2 Å². The second kappa shape index (κ2) is 8.00. The van der Waals surface area contributed by atoms with Gasteiger partial charge in [0.15, 0.2) is 11.5 Å². The zero-order valence-electron chi connectivity index (χ0n) is 15.6. The van der Waals surface area contributed by atoms with Crippen molar-refractivity contribution in [1.82, 2.24) is 4.90 Å². The highest BCUT2D eigenvalue weighted by Gasteiger charge is 2.31. The molecule has 1 saturated heterocycles. The predicted octanol–water partition coefficient (Wildman–Crippen LogP) is 3.69.